The number of rotatable bonds is 7. The summed E-state index contributed by atoms with van der Waals surface area (Å²) in [5.41, 5.74) is 4.13. The number of nitrogens with zero attached hydrogens (tertiary/aromatic N) is 2. The minimum atomic E-state index is -0.0473. The zero-order valence-electron chi connectivity index (χ0n) is 16.7. The normalized spacial score (nSPS) is 10.9. The van der Waals surface area contributed by atoms with Gasteiger partial charge in [-0.15, -0.1) is 11.3 Å². The van der Waals surface area contributed by atoms with Gasteiger partial charge in [0.2, 0.25) is 5.91 Å². The molecule has 0 spiro atoms. The predicted molar refractivity (Wildman–Crippen MR) is 125 cm³/mol. The van der Waals surface area contributed by atoms with E-state index in [1.165, 1.54) is 11.8 Å². The van der Waals surface area contributed by atoms with Crippen molar-refractivity contribution in [2.24, 2.45) is 0 Å². The largest absolute Gasteiger partial charge is 0.497 e. The average Bonchev–Trinajstić information content (AvgIpc) is 3.23. The van der Waals surface area contributed by atoms with Crippen LogP contribution in [-0.4, -0.2) is 28.7 Å². The molecule has 4 aromatic rings. The second-order valence-corrected chi connectivity index (χ2v) is 8.41. The Morgan fingerprint density at radius 1 is 1.13 bits per heavy atom. The maximum Gasteiger partial charge on any atom is 0.234 e. The molecular weight excluding hydrogens is 414 g/mol. The molecule has 0 atom stereocenters. The molecule has 0 unspecified atom stereocenters. The molecule has 5 nitrogen and oxygen atoms in total. The van der Waals surface area contributed by atoms with Crippen LogP contribution in [0.2, 0.25) is 0 Å². The zero-order valence-corrected chi connectivity index (χ0v) is 18.3. The Morgan fingerprint density at radius 3 is 2.70 bits per heavy atom. The van der Waals surface area contributed by atoms with Gasteiger partial charge in [0.25, 0.3) is 0 Å². The van der Waals surface area contributed by atoms with Crippen molar-refractivity contribution in [2.45, 2.75) is 18.4 Å². The van der Waals surface area contributed by atoms with Crippen LogP contribution in [0.15, 0.2) is 65.3 Å². The SMILES string of the molecule is CCc1ccccc1NC(=O)CSc1ncnc2scc(-c3ccc(OC)cc3)c12. The molecule has 1 N–H and O–H groups in total. The van der Waals surface area contributed by atoms with Crippen LogP contribution in [0.3, 0.4) is 0 Å². The van der Waals surface area contributed by atoms with E-state index < -0.39 is 0 Å². The number of methoxy groups -OCH3 is 1. The molecule has 0 aliphatic heterocycles. The van der Waals surface area contributed by atoms with Gasteiger partial charge in [0, 0.05) is 16.6 Å². The van der Waals surface area contributed by atoms with Crippen LogP contribution in [0.25, 0.3) is 21.3 Å². The lowest BCUT2D eigenvalue weighted by Crippen LogP contribution is -2.15. The van der Waals surface area contributed by atoms with E-state index >= 15 is 0 Å². The molecule has 2 aromatic heterocycles. The van der Waals surface area contributed by atoms with Gasteiger partial charge in [-0.25, -0.2) is 9.97 Å². The van der Waals surface area contributed by atoms with Gasteiger partial charge in [0.1, 0.15) is 21.9 Å². The Morgan fingerprint density at radius 2 is 1.93 bits per heavy atom. The fourth-order valence-corrected chi connectivity index (χ4v) is 5.00. The van der Waals surface area contributed by atoms with E-state index in [9.17, 15) is 4.79 Å². The Balaban J connectivity index is 1.55. The van der Waals surface area contributed by atoms with E-state index in [-0.39, 0.29) is 11.7 Å². The molecule has 0 bridgehead atoms. The molecule has 2 heterocycles. The fraction of sp³-hybridized carbons (Fsp3) is 0.174. The molecule has 2 aromatic carbocycles. The van der Waals surface area contributed by atoms with Crippen molar-refractivity contribution in [3.05, 3.63) is 65.8 Å². The standard InChI is InChI=1S/C23H21N3O2S2/c1-3-15-6-4-5-7-19(15)26-20(27)13-30-23-21-18(12-29-22(21)24-14-25-23)16-8-10-17(28-2)11-9-16/h4-12,14H,3,13H2,1-2H3,(H,26,27). The number of hydrogen-bond acceptors (Lipinski definition) is 6. The number of carbonyl (C=O) groups excluding carboxylic acids is 1. The Hall–Kier alpha value is -2.90. The summed E-state index contributed by atoms with van der Waals surface area (Å²) >= 11 is 3.01. The molecule has 0 radical (unpaired) electrons. The molecule has 0 aliphatic carbocycles. The second-order valence-electron chi connectivity index (χ2n) is 6.58. The highest BCUT2D eigenvalue weighted by molar-refractivity contribution is 8.00. The van der Waals surface area contributed by atoms with Crippen LogP contribution in [0.1, 0.15) is 12.5 Å². The van der Waals surface area contributed by atoms with Gasteiger partial charge in [-0.2, -0.15) is 0 Å². The quantitative estimate of drug-likeness (QED) is 0.300. The summed E-state index contributed by atoms with van der Waals surface area (Å²) in [6.45, 7) is 2.08. The van der Waals surface area contributed by atoms with Crippen LogP contribution in [0, 0.1) is 0 Å². The van der Waals surface area contributed by atoms with Gasteiger partial charge in [0.15, 0.2) is 0 Å². The summed E-state index contributed by atoms with van der Waals surface area (Å²) < 4.78 is 5.26. The first-order valence-electron chi connectivity index (χ1n) is 9.56. The number of ether oxygens (including phenoxy) is 1. The molecule has 0 aliphatic rings. The number of para-hydroxylation sites is 1. The minimum absolute atomic E-state index is 0.0473. The molecule has 0 saturated carbocycles. The summed E-state index contributed by atoms with van der Waals surface area (Å²) in [5, 5.41) is 6.90. The lowest BCUT2D eigenvalue weighted by Gasteiger charge is -2.10. The Bertz CT molecular complexity index is 1170. The number of nitrogens with one attached hydrogen (secondary N) is 1. The zero-order chi connectivity index (χ0) is 20.9. The number of aryl methyl sites for hydroxylation is 1. The molecule has 0 fully saturated rings. The monoisotopic (exact) mass is 435 g/mol. The molecule has 4 rings (SSSR count). The van der Waals surface area contributed by atoms with Crippen LogP contribution < -0.4 is 10.1 Å². The number of thiophene rings is 1. The number of amides is 1. The third-order valence-electron chi connectivity index (χ3n) is 4.75. The summed E-state index contributed by atoms with van der Waals surface area (Å²) in [7, 11) is 1.65. The van der Waals surface area contributed by atoms with Gasteiger partial charge < -0.3 is 10.1 Å². The number of carbonyl (C=O) groups is 1. The van der Waals surface area contributed by atoms with E-state index in [1.54, 1.807) is 24.8 Å². The van der Waals surface area contributed by atoms with Gasteiger partial charge in [0.05, 0.1) is 18.2 Å². The van der Waals surface area contributed by atoms with Crippen molar-refractivity contribution in [3.63, 3.8) is 0 Å². The number of hydrogen-bond donors (Lipinski definition) is 1. The summed E-state index contributed by atoms with van der Waals surface area (Å²) in [6.07, 6.45) is 2.43. The fourth-order valence-electron chi connectivity index (χ4n) is 3.21. The average molecular weight is 436 g/mol. The van der Waals surface area contributed by atoms with Crippen LogP contribution in [0.4, 0.5) is 5.69 Å². The molecule has 7 heteroatoms. The lowest BCUT2D eigenvalue weighted by molar-refractivity contribution is -0.113. The lowest BCUT2D eigenvalue weighted by atomic mass is 10.1. The molecule has 0 saturated heterocycles. The number of anilines is 1. The first-order valence-corrected chi connectivity index (χ1v) is 11.4. The summed E-state index contributed by atoms with van der Waals surface area (Å²) in [5.74, 6) is 1.05. The van der Waals surface area contributed by atoms with E-state index in [0.29, 0.717) is 0 Å². The highest BCUT2D eigenvalue weighted by Gasteiger charge is 2.15. The van der Waals surface area contributed by atoms with Crippen molar-refractivity contribution in [1.82, 2.24) is 9.97 Å². The van der Waals surface area contributed by atoms with E-state index in [4.69, 9.17) is 4.74 Å². The Kier molecular flexibility index (Phi) is 6.30. The first-order chi connectivity index (χ1) is 14.7. The van der Waals surface area contributed by atoms with Gasteiger partial charge >= 0.3 is 0 Å². The number of benzene rings is 2. The molecule has 1 amide bonds. The van der Waals surface area contributed by atoms with Crippen molar-refractivity contribution >= 4 is 44.9 Å². The number of aromatic nitrogens is 2. The van der Waals surface area contributed by atoms with Crippen molar-refractivity contribution < 1.29 is 9.53 Å². The maximum absolute atomic E-state index is 12.6. The summed E-state index contributed by atoms with van der Waals surface area (Å²) in [6, 6.07) is 15.8. The smallest absolute Gasteiger partial charge is 0.234 e. The van der Waals surface area contributed by atoms with Gasteiger partial charge in [-0.1, -0.05) is 49.0 Å². The van der Waals surface area contributed by atoms with Crippen molar-refractivity contribution in [2.75, 3.05) is 18.2 Å². The highest BCUT2D eigenvalue weighted by Crippen LogP contribution is 2.38. The van der Waals surface area contributed by atoms with E-state index in [1.807, 2.05) is 48.5 Å². The van der Waals surface area contributed by atoms with E-state index in [0.717, 1.165) is 49.8 Å². The van der Waals surface area contributed by atoms with Gasteiger partial charge in [-0.05, 0) is 35.7 Å². The third-order valence-corrected chi connectivity index (χ3v) is 6.62. The third kappa shape index (κ3) is 4.32. The van der Waals surface area contributed by atoms with E-state index in [2.05, 4.69) is 27.6 Å². The highest BCUT2D eigenvalue weighted by atomic mass is 32.2. The van der Waals surface area contributed by atoms with Crippen LogP contribution in [0.5, 0.6) is 5.75 Å². The van der Waals surface area contributed by atoms with Gasteiger partial charge in [-0.3, -0.25) is 4.79 Å². The molecular formula is C23H21N3O2S2. The predicted octanol–water partition coefficient (Wildman–Crippen LogP) is 5.66. The first kappa shape index (κ1) is 20.4. The minimum Gasteiger partial charge on any atom is -0.497 e. The topological polar surface area (TPSA) is 64.1 Å². The Labute approximate surface area is 183 Å². The maximum atomic E-state index is 12.6. The summed E-state index contributed by atoms with van der Waals surface area (Å²) in [4.78, 5) is 22.4. The molecule has 152 valence electrons. The van der Waals surface area contributed by atoms with Crippen molar-refractivity contribution in [3.8, 4) is 16.9 Å². The van der Waals surface area contributed by atoms with Crippen molar-refractivity contribution in [1.29, 1.82) is 0 Å². The number of fused-ring (bicyclic) bond motifs is 1. The number of thioether (sulfide) groups is 1. The molecule has 30 heavy (non-hydrogen) atoms. The second kappa shape index (κ2) is 9.28. The van der Waals surface area contributed by atoms with Crippen LogP contribution in [-0.2, 0) is 11.2 Å². The van der Waals surface area contributed by atoms with Crippen LogP contribution >= 0.6 is 23.1 Å².